The van der Waals surface area contributed by atoms with Crippen LogP contribution < -0.4 is 5.32 Å². The molecule has 1 fully saturated rings. The van der Waals surface area contributed by atoms with E-state index in [0.717, 1.165) is 12.8 Å². The maximum atomic E-state index is 13.3. The topological polar surface area (TPSA) is 42.0 Å². The zero-order chi connectivity index (χ0) is 12.3. The highest BCUT2D eigenvalue weighted by Crippen LogP contribution is 2.42. The van der Waals surface area contributed by atoms with Crippen LogP contribution in [0.15, 0.2) is 18.3 Å². The van der Waals surface area contributed by atoms with Gasteiger partial charge in [0.2, 0.25) is 5.95 Å². The normalized spacial score (nSPS) is 17.3. The fraction of sp³-hybridized carbons (Fsp3) is 0.500. The average Bonchev–Trinajstić information content (AvgIpc) is 2.28. The molecule has 1 saturated carbocycles. The van der Waals surface area contributed by atoms with Crippen LogP contribution in [0.3, 0.4) is 0 Å². The molecule has 0 aliphatic heterocycles. The number of amides is 1. The van der Waals surface area contributed by atoms with Crippen LogP contribution in [-0.2, 0) is 0 Å². The van der Waals surface area contributed by atoms with Crippen molar-refractivity contribution in [2.75, 3.05) is 12.8 Å². The summed E-state index contributed by atoms with van der Waals surface area (Å²) in [6.45, 7) is 0.599. The van der Waals surface area contributed by atoms with Crippen molar-refractivity contribution in [3.63, 3.8) is 0 Å². The molecule has 0 radical (unpaired) electrons. The standard InChI is InChI=1S/C12H15FN2OS/c1-17-12(5-3-6-12)8-15-11(16)9-4-2-7-14-10(9)13/h2,4,7H,3,5-6,8H2,1H3,(H,15,16). The molecule has 0 spiro atoms. The van der Waals surface area contributed by atoms with E-state index in [1.54, 1.807) is 17.8 Å². The van der Waals surface area contributed by atoms with E-state index < -0.39 is 5.95 Å². The van der Waals surface area contributed by atoms with Crippen LogP contribution in [0, 0.1) is 5.95 Å². The molecular weight excluding hydrogens is 239 g/mol. The van der Waals surface area contributed by atoms with Gasteiger partial charge in [-0.05, 0) is 31.2 Å². The van der Waals surface area contributed by atoms with Crippen LogP contribution in [0.1, 0.15) is 29.6 Å². The van der Waals surface area contributed by atoms with Crippen LogP contribution in [0.4, 0.5) is 4.39 Å². The number of carbonyl (C=O) groups is 1. The van der Waals surface area contributed by atoms with Gasteiger partial charge in [-0.2, -0.15) is 16.2 Å². The van der Waals surface area contributed by atoms with Gasteiger partial charge < -0.3 is 5.32 Å². The zero-order valence-electron chi connectivity index (χ0n) is 9.70. The van der Waals surface area contributed by atoms with Crippen molar-refractivity contribution >= 4 is 17.7 Å². The number of nitrogens with zero attached hydrogens (tertiary/aromatic N) is 1. The minimum atomic E-state index is -0.711. The molecule has 1 heterocycles. The summed E-state index contributed by atoms with van der Waals surface area (Å²) in [4.78, 5) is 15.2. The van der Waals surface area contributed by atoms with E-state index in [2.05, 4.69) is 16.6 Å². The van der Waals surface area contributed by atoms with Gasteiger partial charge in [0, 0.05) is 17.5 Å². The lowest BCUT2D eigenvalue weighted by Gasteiger charge is -2.40. The summed E-state index contributed by atoms with van der Waals surface area (Å²) in [7, 11) is 0. The van der Waals surface area contributed by atoms with E-state index in [0.29, 0.717) is 6.54 Å². The first-order valence-corrected chi connectivity index (χ1v) is 6.83. The Hall–Kier alpha value is -1.10. The number of nitrogens with one attached hydrogen (secondary N) is 1. The Morgan fingerprint density at radius 1 is 1.65 bits per heavy atom. The minimum Gasteiger partial charge on any atom is -0.350 e. The first-order chi connectivity index (χ1) is 8.17. The monoisotopic (exact) mass is 254 g/mol. The van der Waals surface area contributed by atoms with Crippen molar-refractivity contribution in [2.24, 2.45) is 0 Å². The SMILES string of the molecule is CSC1(CNC(=O)c2cccnc2F)CCC1. The molecule has 1 amide bonds. The van der Waals surface area contributed by atoms with Gasteiger partial charge in [-0.15, -0.1) is 0 Å². The smallest absolute Gasteiger partial charge is 0.255 e. The lowest BCUT2D eigenvalue weighted by atomic mass is 9.84. The number of carbonyl (C=O) groups excluding carboxylic acids is 1. The maximum absolute atomic E-state index is 13.3. The molecule has 0 saturated heterocycles. The largest absolute Gasteiger partial charge is 0.350 e. The quantitative estimate of drug-likeness (QED) is 0.838. The molecule has 2 rings (SSSR count). The Bertz CT molecular complexity index is 415. The van der Waals surface area contributed by atoms with E-state index >= 15 is 0 Å². The van der Waals surface area contributed by atoms with Gasteiger partial charge in [-0.1, -0.05) is 6.42 Å². The fourth-order valence-electron chi connectivity index (χ4n) is 1.92. The van der Waals surface area contributed by atoms with Gasteiger partial charge in [-0.3, -0.25) is 4.79 Å². The van der Waals surface area contributed by atoms with Crippen molar-refractivity contribution < 1.29 is 9.18 Å². The molecular formula is C12H15FN2OS. The molecule has 0 atom stereocenters. The summed E-state index contributed by atoms with van der Waals surface area (Å²) in [5, 5.41) is 2.79. The molecule has 1 aliphatic carbocycles. The van der Waals surface area contributed by atoms with Crippen LogP contribution in [0.2, 0.25) is 0 Å². The molecule has 17 heavy (non-hydrogen) atoms. The number of hydrogen-bond donors (Lipinski definition) is 1. The van der Waals surface area contributed by atoms with Gasteiger partial charge in [0.15, 0.2) is 0 Å². The Morgan fingerprint density at radius 3 is 2.94 bits per heavy atom. The molecule has 5 heteroatoms. The average molecular weight is 254 g/mol. The van der Waals surface area contributed by atoms with E-state index in [4.69, 9.17) is 0 Å². The van der Waals surface area contributed by atoms with Crippen molar-refractivity contribution in [3.05, 3.63) is 29.8 Å². The van der Waals surface area contributed by atoms with E-state index in [-0.39, 0.29) is 16.2 Å². The van der Waals surface area contributed by atoms with Crippen LogP contribution >= 0.6 is 11.8 Å². The van der Waals surface area contributed by atoms with Crippen LogP contribution in [0.25, 0.3) is 0 Å². The van der Waals surface area contributed by atoms with Crippen molar-refractivity contribution in [1.29, 1.82) is 0 Å². The summed E-state index contributed by atoms with van der Waals surface area (Å²) in [6.07, 6.45) is 6.82. The summed E-state index contributed by atoms with van der Waals surface area (Å²) in [5.41, 5.74) is 0.0167. The van der Waals surface area contributed by atoms with Gasteiger partial charge in [0.1, 0.15) is 0 Å². The lowest BCUT2D eigenvalue weighted by Crippen LogP contribution is -2.45. The number of thioether (sulfide) groups is 1. The summed E-state index contributed by atoms with van der Waals surface area (Å²) < 4.78 is 13.4. The molecule has 0 unspecified atom stereocenters. The lowest BCUT2D eigenvalue weighted by molar-refractivity contribution is 0.0939. The summed E-state index contributed by atoms with van der Waals surface area (Å²) in [6, 6.07) is 3.01. The Balaban J connectivity index is 1.96. The highest BCUT2D eigenvalue weighted by atomic mass is 32.2. The summed E-state index contributed by atoms with van der Waals surface area (Å²) in [5.74, 6) is -1.09. The molecule has 3 nitrogen and oxygen atoms in total. The number of aromatic nitrogens is 1. The Kier molecular flexibility index (Phi) is 3.66. The fourth-order valence-corrected chi connectivity index (χ4v) is 2.83. The number of hydrogen-bond acceptors (Lipinski definition) is 3. The van der Waals surface area contributed by atoms with Crippen LogP contribution in [-0.4, -0.2) is 28.4 Å². The van der Waals surface area contributed by atoms with Gasteiger partial charge >= 0.3 is 0 Å². The molecule has 0 bridgehead atoms. The third kappa shape index (κ3) is 2.60. The van der Waals surface area contributed by atoms with Gasteiger partial charge in [0.25, 0.3) is 5.91 Å². The second-order valence-electron chi connectivity index (χ2n) is 4.27. The number of halogens is 1. The second-order valence-corrected chi connectivity index (χ2v) is 5.54. The van der Waals surface area contributed by atoms with Gasteiger partial charge in [0.05, 0.1) is 5.56 Å². The number of pyridine rings is 1. The van der Waals surface area contributed by atoms with E-state index in [1.165, 1.54) is 18.7 Å². The van der Waals surface area contributed by atoms with Crippen LogP contribution in [0.5, 0.6) is 0 Å². The summed E-state index contributed by atoms with van der Waals surface area (Å²) >= 11 is 1.78. The van der Waals surface area contributed by atoms with Crippen molar-refractivity contribution in [3.8, 4) is 0 Å². The highest BCUT2D eigenvalue weighted by Gasteiger charge is 2.36. The predicted octanol–water partition coefficient (Wildman–Crippen LogP) is 2.24. The highest BCUT2D eigenvalue weighted by molar-refractivity contribution is 8.00. The van der Waals surface area contributed by atoms with Crippen molar-refractivity contribution in [2.45, 2.75) is 24.0 Å². The molecule has 1 aliphatic rings. The second kappa shape index (κ2) is 5.04. The number of rotatable bonds is 4. The molecule has 1 N–H and O–H groups in total. The van der Waals surface area contributed by atoms with E-state index in [9.17, 15) is 9.18 Å². The third-order valence-electron chi connectivity index (χ3n) is 3.27. The first-order valence-electron chi connectivity index (χ1n) is 5.61. The third-order valence-corrected chi connectivity index (χ3v) is 4.69. The zero-order valence-corrected chi connectivity index (χ0v) is 10.5. The Morgan fingerprint density at radius 2 is 2.41 bits per heavy atom. The maximum Gasteiger partial charge on any atom is 0.255 e. The molecule has 0 aromatic carbocycles. The van der Waals surface area contributed by atoms with E-state index in [1.807, 2.05) is 0 Å². The van der Waals surface area contributed by atoms with Gasteiger partial charge in [-0.25, -0.2) is 4.98 Å². The van der Waals surface area contributed by atoms with Crippen molar-refractivity contribution in [1.82, 2.24) is 10.3 Å². The molecule has 1 aromatic heterocycles. The molecule has 1 aromatic rings. The predicted molar refractivity (Wildman–Crippen MR) is 66.6 cm³/mol. The Labute approximate surface area is 104 Å². The first kappa shape index (κ1) is 12.4. The molecule has 92 valence electrons. The minimum absolute atomic E-state index is 0.0167.